The molecule has 1 heteroatoms. The Balaban J connectivity index is 2.20. The van der Waals surface area contributed by atoms with Gasteiger partial charge in [-0.1, -0.05) is 90.0 Å². The van der Waals surface area contributed by atoms with Crippen molar-refractivity contribution in [1.29, 1.82) is 0 Å². The predicted octanol–water partition coefficient (Wildman–Crippen LogP) is 5.18. The minimum Gasteiger partial charge on any atom is -0.398 e. The largest absolute Gasteiger partial charge is 0.398 e. The third kappa shape index (κ3) is 3.35. The first-order valence-electron chi connectivity index (χ1n) is 7.84. The molecule has 3 aromatic carbocycles. The van der Waals surface area contributed by atoms with Gasteiger partial charge in [-0.2, -0.15) is 0 Å². The van der Waals surface area contributed by atoms with Crippen LogP contribution < -0.4 is 5.73 Å². The molecule has 0 bridgehead atoms. The first-order valence-corrected chi connectivity index (χ1v) is 7.84. The number of rotatable bonds is 3. The van der Waals surface area contributed by atoms with Gasteiger partial charge >= 0.3 is 0 Å². The minimum atomic E-state index is 0.806. The number of hydrogen-bond acceptors (Lipinski definition) is 1. The second-order valence-corrected chi connectivity index (χ2v) is 5.89. The van der Waals surface area contributed by atoms with E-state index in [0.717, 1.165) is 28.0 Å². The molecular weight excluding hydrogens is 278 g/mol. The third-order valence-corrected chi connectivity index (χ3v) is 4.03. The van der Waals surface area contributed by atoms with E-state index in [4.69, 9.17) is 5.73 Å². The van der Waals surface area contributed by atoms with Crippen molar-refractivity contribution in [3.8, 4) is 0 Å². The lowest BCUT2D eigenvalue weighted by Crippen LogP contribution is -2.03. The van der Waals surface area contributed by atoms with Gasteiger partial charge in [0.05, 0.1) is 0 Å². The molecule has 0 aliphatic rings. The van der Waals surface area contributed by atoms with Crippen molar-refractivity contribution in [2.24, 2.45) is 5.73 Å². The lowest BCUT2D eigenvalue weighted by Gasteiger charge is -2.14. The molecule has 0 heterocycles. The zero-order chi connectivity index (χ0) is 16.2. The van der Waals surface area contributed by atoms with Gasteiger partial charge in [0.15, 0.2) is 0 Å². The zero-order valence-corrected chi connectivity index (χ0v) is 13.6. The van der Waals surface area contributed by atoms with E-state index in [1.165, 1.54) is 11.1 Å². The second kappa shape index (κ2) is 6.53. The van der Waals surface area contributed by atoms with Crippen LogP contribution in [0.3, 0.4) is 0 Å². The van der Waals surface area contributed by atoms with Crippen molar-refractivity contribution in [1.82, 2.24) is 0 Å². The van der Waals surface area contributed by atoms with Gasteiger partial charge in [0.2, 0.25) is 0 Å². The molecular formula is C22H21N. The van der Waals surface area contributed by atoms with E-state index in [1.807, 2.05) is 18.2 Å². The number of aryl methyl sites for hydroxylation is 2. The third-order valence-electron chi connectivity index (χ3n) is 4.03. The Bertz CT molecular complexity index is 810. The van der Waals surface area contributed by atoms with Crippen molar-refractivity contribution in [2.45, 2.75) is 13.8 Å². The smallest absolute Gasteiger partial charge is 0.0473 e. The van der Waals surface area contributed by atoms with Gasteiger partial charge in [-0.15, -0.1) is 0 Å². The fourth-order valence-electron chi connectivity index (χ4n) is 2.68. The van der Waals surface area contributed by atoms with Crippen LogP contribution in [0.1, 0.15) is 27.8 Å². The Morgan fingerprint density at radius 1 is 0.565 bits per heavy atom. The van der Waals surface area contributed by atoms with Crippen LogP contribution in [0.4, 0.5) is 0 Å². The first-order chi connectivity index (χ1) is 11.1. The van der Waals surface area contributed by atoms with Crippen molar-refractivity contribution >= 4 is 11.3 Å². The number of nitrogens with two attached hydrogens (primary N) is 1. The Morgan fingerprint density at radius 2 is 1.00 bits per heavy atom. The SMILES string of the molecule is Cc1ccc(C(N)=C(c2ccccc2)c2ccc(C)cc2)cc1. The molecule has 0 saturated carbocycles. The van der Waals surface area contributed by atoms with Crippen LogP contribution >= 0.6 is 0 Å². The normalized spacial score (nSPS) is 11.9. The van der Waals surface area contributed by atoms with E-state index in [0.29, 0.717) is 0 Å². The molecule has 0 spiro atoms. The van der Waals surface area contributed by atoms with Crippen LogP contribution in [0.15, 0.2) is 78.9 Å². The highest BCUT2D eigenvalue weighted by Crippen LogP contribution is 2.29. The molecule has 0 unspecified atom stereocenters. The van der Waals surface area contributed by atoms with E-state index in [-0.39, 0.29) is 0 Å². The molecule has 1 nitrogen and oxygen atoms in total. The van der Waals surface area contributed by atoms with Crippen LogP contribution in [0.5, 0.6) is 0 Å². The van der Waals surface area contributed by atoms with E-state index in [2.05, 4.69) is 74.5 Å². The van der Waals surface area contributed by atoms with Crippen LogP contribution in [-0.2, 0) is 0 Å². The molecule has 0 aromatic heterocycles. The van der Waals surface area contributed by atoms with Gasteiger partial charge in [0, 0.05) is 11.3 Å². The van der Waals surface area contributed by atoms with Gasteiger partial charge in [-0.25, -0.2) is 0 Å². The van der Waals surface area contributed by atoms with Crippen molar-refractivity contribution in [3.63, 3.8) is 0 Å². The lowest BCUT2D eigenvalue weighted by molar-refractivity contribution is 1.41. The monoisotopic (exact) mass is 299 g/mol. The molecule has 0 saturated heterocycles. The fraction of sp³-hybridized carbons (Fsp3) is 0.0909. The highest BCUT2D eigenvalue weighted by Gasteiger charge is 2.11. The maximum absolute atomic E-state index is 6.57. The van der Waals surface area contributed by atoms with E-state index in [1.54, 1.807) is 0 Å². The van der Waals surface area contributed by atoms with Crippen LogP contribution in [0.2, 0.25) is 0 Å². The van der Waals surface area contributed by atoms with Gasteiger partial charge in [-0.3, -0.25) is 0 Å². The molecule has 0 fully saturated rings. The molecule has 114 valence electrons. The lowest BCUT2D eigenvalue weighted by atomic mass is 9.93. The van der Waals surface area contributed by atoms with Gasteiger partial charge in [0.25, 0.3) is 0 Å². The molecule has 0 aliphatic carbocycles. The summed E-state index contributed by atoms with van der Waals surface area (Å²) >= 11 is 0. The summed E-state index contributed by atoms with van der Waals surface area (Å²) in [6.45, 7) is 4.18. The Hall–Kier alpha value is -2.80. The van der Waals surface area contributed by atoms with E-state index < -0.39 is 0 Å². The number of benzene rings is 3. The summed E-state index contributed by atoms with van der Waals surface area (Å²) in [6, 6.07) is 27.2. The average molecular weight is 299 g/mol. The summed E-state index contributed by atoms with van der Waals surface area (Å²) in [5, 5.41) is 0. The van der Waals surface area contributed by atoms with Crippen molar-refractivity contribution in [2.75, 3.05) is 0 Å². The van der Waals surface area contributed by atoms with Crippen molar-refractivity contribution in [3.05, 3.63) is 107 Å². The fourth-order valence-corrected chi connectivity index (χ4v) is 2.68. The molecule has 3 rings (SSSR count). The molecule has 0 radical (unpaired) electrons. The Labute approximate surface area is 138 Å². The number of hydrogen-bond donors (Lipinski definition) is 1. The molecule has 0 amide bonds. The maximum atomic E-state index is 6.57. The van der Waals surface area contributed by atoms with Crippen LogP contribution in [0.25, 0.3) is 11.3 Å². The van der Waals surface area contributed by atoms with E-state index >= 15 is 0 Å². The molecule has 2 N–H and O–H groups in total. The average Bonchev–Trinajstić information content (AvgIpc) is 2.58. The molecule has 3 aromatic rings. The maximum Gasteiger partial charge on any atom is 0.0473 e. The molecule has 23 heavy (non-hydrogen) atoms. The van der Waals surface area contributed by atoms with Crippen molar-refractivity contribution < 1.29 is 0 Å². The second-order valence-electron chi connectivity index (χ2n) is 5.89. The van der Waals surface area contributed by atoms with Gasteiger partial charge in [-0.05, 0) is 30.5 Å². The molecule has 0 aliphatic heterocycles. The summed E-state index contributed by atoms with van der Waals surface area (Å²) < 4.78 is 0. The minimum absolute atomic E-state index is 0.806. The van der Waals surface area contributed by atoms with Crippen LogP contribution in [0, 0.1) is 13.8 Å². The van der Waals surface area contributed by atoms with E-state index in [9.17, 15) is 0 Å². The highest BCUT2D eigenvalue weighted by atomic mass is 14.6. The summed E-state index contributed by atoms with van der Waals surface area (Å²) in [5.74, 6) is 0. The molecule has 0 atom stereocenters. The van der Waals surface area contributed by atoms with Crippen LogP contribution in [-0.4, -0.2) is 0 Å². The zero-order valence-electron chi connectivity index (χ0n) is 13.6. The summed E-state index contributed by atoms with van der Waals surface area (Å²) in [4.78, 5) is 0. The summed E-state index contributed by atoms with van der Waals surface area (Å²) in [5.41, 5.74) is 14.3. The first kappa shape index (κ1) is 15.1. The topological polar surface area (TPSA) is 26.0 Å². The standard InChI is InChI=1S/C22H21N/c1-16-8-12-19(13-9-16)21(18-6-4-3-5-7-18)22(23)20-14-10-17(2)11-15-20/h3-15H,23H2,1-2H3. The summed E-state index contributed by atoms with van der Waals surface area (Å²) in [6.07, 6.45) is 0. The van der Waals surface area contributed by atoms with Gasteiger partial charge in [0.1, 0.15) is 0 Å². The summed E-state index contributed by atoms with van der Waals surface area (Å²) in [7, 11) is 0. The predicted molar refractivity (Wildman–Crippen MR) is 98.9 cm³/mol. The Kier molecular flexibility index (Phi) is 4.29. The highest BCUT2D eigenvalue weighted by molar-refractivity contribution is 5.97. The quantitative estimate of drug-likeness (QED) is 0.663. The Morgan fingerprint density at radius 3 is 1.52 bits per heavy atom. The van der Waals surface area contributed by atoms with Gasteiger partial charge < -0.3 is 5.73 Å².